The standard InChI is InChI=1S/C19H25F6NO5S/c1-4-32(28,29)26(11-19(23,24)25)15-13-10-12(30-9-5-8-18(20,21)22)6-7-14(13)31-17(2,3)16(15)27/h6-7,10,15-16,27H,4-5,8-9,11H2,1-3H3/t15-,16+/m1/s1. The third-order valence-corrected chi connectivity index (χ3v) is 6.73. The van der Waals surface area contributed by atoms with Crippen molar-refractivity contribution in [2.45, 2.75) is 63.7 Å². The van der Waals surface area contributed by atoms with E-state index in [2.05, 4.69) is 0 Å². The molecule has 1 aliphatic rings. The lowest BCUT2D eigenvalue weighted by Gasteiger charge is -2.45. The molecule has 13 heteroatoms. The van der Waals surface area contributed by atoms with Gasteiger partial charge >= 0.3 is 12.4 Å². The van der Waals surface area contributed by atoms with Gasteiger partial charge in [-0.2, -0.15) is 30.6 Å². The Labute approximate surface area is 182 Å². The van der Waals surface area contributed by atoms with Crippen molar-refractivity contribution in [1.82, 2.24) is 4.31 Å². The Morgan fingerprint density at radius 2 is 1.78 bits per heavy atom. The normalized spacial score (nSPS) is 21.2. The molecule has 0 fully saturated rings. The molecule has 0 saturated carbocycles. The largest absolute Gasteiger partial charge is 0.494 e. The highest BCUT2D eigenvalue weighted by Crippen LogP contribution is 2.46. The van der Waals surface area contributed by atoms with Gasteiger partial charge < -0.3 is 14.6 Å². The Bertz CT molecular complexity index is 900. The lowest BCUT2D eigenvalue weighted by molar-refractivity contribution is -0.152. The summed E-state index contributed by atoms with van der Waals surface area (Å²) in [5.74, 6) is -0.602. The van der Waals surface area contributed by atoms with Gasteiger partial charge in [-0.05, 0) is 45.4 Å². The number of alkyl halides is 6. The third kappa shape index (κ3) is 6.64. The summed E-state index contributed by atoms with van der Waals surface area (Å²) in [4.78, 5) is 0. The SMILES string of the molecule is CCS(=O)(=O)N(CC(F)(F)F)[C@@H]1c2cc(OCCCC(F)(F)F)ccc2OC(C)(C)[C@H]1O. The predicted molar refractivity (Wildman–Crippen MR) is 103 cm³/mol. The van der Waals surface area contributed by atoms with Gasteiger partial charge in [0, 0.05) is 12.0 Å². The average molecular weight is 493 g/mol. The molecule has 1 heterocycles. The van der Waals surface area contributed by atoms with Crippen LogP contribution in [0.1, 0.15) is 45.2 Å². The molecule has 0 unspecified atom stereocenters. The van der Waals surface area contributed by atoms with E-state index in [0.29, 0.717) is 0 Å². The van der Waals surface area contributed by atoms with Crippen molar-refractivity contribution in [2.75, 3.05) is 18.9 Å². The number of fused-ring (bicyclic) bond motifs is 1. The minimum Gasteiger partial charge on any atom is -0.494 e. The monoisotopic (exact) mass is 493 g/mol. The van der Waals surface area contributed by atoms with E-state index in [1.54, 1.807) is 0 Å². The number of rotatable bonds is 8. The van der Waals surface area contributed by atoms with Crippen LogP contribution in [0.5, 0.6) is 11.5 Å². The predicted octanol–water partition coefficient (Wildman–Crippen LogP) is 4.19. The quantitative estimate of drug-likeness (QED) is 0.434. The minimum absolute atomic E-state index is 0.00675. The number of aliphatic hydroxyl groups excluding tert-OH is 1. The molecule has 0 saturated heterocycles. The second kappa shape index (κ2) is 9.26. The zero-order chi connectivity index (χ0) is 24.5. The van der Waals surface area contributed by atoms with Crippen molar-refractivity contribution in [3.05, 3.63) is 23.8 Å². The zero-order valence-corrected chi connectivity index (χ0v) is 18.4. The first kappa shape index (κ1) is 26.5. The van der Waals surface area contributed by atoms with E-state index in [0.717, 1.165) is 0 Å². The molecule has 1 N–H and O–H groups in total. The van der Waals surface area contributed by atoms with Gasteiger partial charge in [0.15, 0.2) is 0 Å². The molecule has 0 spiro atoms. The molecule has 2 atom stereocenters. The fourth-order valence-corrected chi connectivity index (χ4v) is 4.57. The second-order valence-corrected chi connectivity index (χ2v) is 10.1. The summed E-state index contributed by atoms with van der Waals surface area (Å²) in [7, 11) is -4.44. The van der Waals surface area contributed by atoms with Crippen molar-refractivity contribution in [1.29, 1.82) is 0 Å². The summed E-state index contributed by atoms with van der Waals surface area (Å²) in [6, 6.07) is 2.19. The van der Waals surface area contributed by atoms with Crippen LogP contribution in [0.2, 0.25) is 0 Å². The highest BCUT2D eigenvalue weighted by atomic mass is 32.2. The molecule has 32 heavy (non-hydrogen) atoms. The van der Waals surface area contributed by atoms with Gasteiger partial charge in [-0.3, -0.25) is 0 Å². The Hall–Kier alpha value is -1.73. The maximum atomic E-state index is 13.3. The summed E-state index contributed by atoms with van der Waals surface area (Å²) in [6.07, 6.45) is -12.4. The summed E-state index contributed by atoms with van der Waals surface area (Å²) in [6.45, 7) is 1.82. The van der Waals surface area contributed by atoms with Crippen LogP contribution in [-0.2, 0) is 10.0 Å². The van der Waals surface area contributed by atoms with Crippen molar-refractivity contribution < 1.29 is 49.3 Å². The minimum atomic E-state index is -4.89. The number of aliphatic hydroxyl groups is 1. The summed E-state index contributed by atoms with van der Waals surface area (Å²) in [5.41, 5.74) is -1.51. The molecule has 0 aromatic heterocycles. The number of hydrogen-bond acceptors (Lipinski definition) is 5. The van der Waals surface area contributed by atoms with Crippen LogP contribution < -0.4 is 9.47 Å². The second-order valence-electron chi connectivity index (χ2n) is 7.92. The van der Waals surface area contributed by atoms with Crippen LogP contribution in [0.3, 0.4) is 0 Å². The van der Waals surface area contributed by atoms with Crippen LogP contribution >= 0.6 is 0 Å². The Morgan fingerprint density at radius 3 is 2.31 bits per heavy atom. The van der Waals surface area contributed by atoms with E-state index in [1.165, 1.54) is 39.0 Å². The van der Waals surface area contributed by atoms with Gasteiger partial charge in [0.05, 0.1) is 18.4 Å². The lowest BCUT2D eigenvalue weighted by atomic mass is 9.86. The van der Waals surface area contributed by atoms with Crippen molar-refractivity contribution in [3.8, 4) is 11.5 Å². The van der Waals surface area contributed by atoms with Crippen molar-refractivity contribution >= 4 is 10.0 Å². The maximum Gasteiger partial charge on any atom is 0.402 e. The van der Waals surface area contributed by atoms with E-state index in [1.807, 2.05) is 0 Å². The fraction of sp³-hybridized carbons (Fsp3) is 0.684. The number of halogens is 6. The van der Waals surface area contributed by atoms with Crippen LogP contribution in [0.15, 0.2) is 18.2 Å². The van der Waals surface area contributed by atoms with Gasteiger partial charge in [0.2, 0.25) is 10.0 Å². The average Bonchev–Trinajstić information content (AvgIpc) is 2.63. The number of benzene rings is 1. The number of hydrogen-bond donors (Lipinski definition) is 1. The van der Waals surface area contributed by atoms with Crippen LogP contribution in [0.25, 0.3) is 0 Å². The number of ether oxygens (including phenoxy) is 2. The molecule has 0 radical (unpaired) electrons. The molecule has 0 amide bonds. The molecule has 0 aliphatic carbocycles. The number of sulfonamides is 1. The maximum absolute atomic E-state index is 13.3. The first-order valence-corrected chi connectivity index (χ1v) is 11.3. The molecule has 1 aliphatic heterocycles. The van der Waals surface area contributed by atoms with E-state index < -0.39 is 58.8 Å². The van der Waals surface area contributed by atoms with E-state index in [4.69, 9.17) is 9.47 Å². The Kier molecular flexibility index (Phi) is 7.67. The highest BCUT2D eigenvalue weighted by molar-refractivity contribution is 7.89. The first-order chi connectivity index (χ1) is 14.5. The lowest BCUT2D eigenvalue weighted by Crippen LogP contribution is -2.56. The van der Waals surface area contributed by atoms with Crippen LogP contribution in [-0.4, -0.2) is 60.8 Å². The number of nitrogens with zero attached hydrogens (tertiary/aromatic N) is 1. The topological polar surface area (TPSA) is 76.1 Å². The molecule has 1 aromatic carbocycles. The summed E-state index contributed by atoms with van der Waals surface area (Å²) in [5, 5.41) is 10.8. The van der Waals surface area contributed by atoms with E-state index in [-0.39, 0.29) is 34.4 Å². The molecular weight excluding hydrogens is 468 g/mol. The van der Waals surface area contributed by atoms with Gasteiger partial charge in [-0.25, -0.2) is 8.42 Å². The first-order valence-electron chi connectivity index (χ1n) is 9.74. The zero-order valence-electron chi connectivity index (χ0n) is 17.6. The molecule has 6 nitrogen and oxygen atoms in total. The Balaban J connectivity index is 2.46. The molecule has 2 rings (SSSR count). The van der Waals surface area contributed by atoms with Gasteiger partial charge in [0.25, 0.3) is 0 Å². The van der Waals surface area contributed by atoms with Gasteiger partial charge in [-0.1, -0.05) is 0 Å². The van der Waals surface area contributed by atoms with Crippen LogP contribution in [0.4, 0.5) is 26.3 Å². The van der Waals surface area contributed by atoms with Gasteiger partial charge in [-0.15, -0.1) is 0 Å². The van der Waals surface area contributed by atoms with Crippen LogP contribution in [0, 0.1) is 0 Å². The van der Waals surface area contributed by atoms with Crippen molar-refractivity contribution in [2.24, 2.45) is 0 Å². The third-order valence-electron chi connectivity index (χ3n) is 4.93. The fourth-order valence-electron chi connectivity index (χ4n) is 3.32. The smallest absolute Gasteiger partial charge is 0.402 e. The van der Waals surface area contributed by atoms with Gasteiger partial charge in [0.1, 0.15) is 29.7 Å². The molecule has 0 bridgehead atoms. The van der Waals surface area contributed by atoms with E-state index >= 15 is 0 Å². The summed E-state index contributed by atoms with van der Waals surface area (Å²) >= 11 is 0. The Morgan fingerprint density at radius 1 is 1.16 bits per heavy atom. The highest BCUT2D eigenvalue weighted by Gasteiger charge is 2.51. The molecule has 1 aromatic rings. The summed E-state index contributed by atoms with van der Waals surface area (Å²) < 4.78 is 113. The molecule has 184 valence electrons. The van der Waals surface area contributed by atoms with Crippen molar-refractivity contribution in [3.63, 3.8) is 0 Å². The van der Waals surface area contributed by atoms with E-state index in [9.17, 15) is 39.9 Å². The molecular formula is C19H25F6NO5S.